The minimum Gasteiger partial charge on any atom is -0.0955 e. The van der Waals surface area contributed by atoms with Crippen molar-refractivity contribution in [2.24, 2.45) is 0 Å². The van der Waals surface area contributed by atoms with Crippen LogP contribution in [-0.4, -0.2) is 0 Å². The van der Waals surface area contributed by atoms with Crippen LogP contribution in [0.15, 0.2) is 30.4 Å². The number of benzene rings is 1. The van der Waals surface area contributed by atoms with Gasteiger partial charge in [-0.05, 0) is 74.8 Å². The molecule has 0 fully saturated rings. The summed E-state index contributed by atoms with van der Waals surface area (Å²) in [6, 6.07) is 6.73. The monoisotopic (exact) mass is 226 g/mol. The minimum atomic E-state index is 1.15. The molecular weight excluding hydrogens is 204 g/mol. The fourth-order valence-electron chi connectivity index (χ4n) is 2.63. The second-order valence-electron chi connectivity index (χ2n) is 5.28. The third-order valence-corrected chi connectivity index (χ3v) is 3.80. The molecule has 0 heteroatoms. The molecule has 1 aliphatic rings. The minimum absolute atomic E-state index is 1.15. The van der Waals surface area contributed by atoms with Gasteiger partial charge in [-0.15, -0.1) is 0 Å². The van der Waals surface area contributed by atoms with Gasteiger partial charge in [0.15, 0.2) is 0 Å². The number of allylic oxidation sites excluding steroid dienone is 3. The van der Waals surface area contributed by atoms with E-state index in [1.807, 2.05) is 0 Å². The van der Waals surface area contributed by atoms with Gasteiger partial charge in [0.2, 0.25) is 0 Å². The maximum atomic E-state index is 4.04. The first kappa shape index (κ1) is 12.2. The quantitative estimate of drug-likeness (QED) is 0.635. The first-order chi connectivity index (χ1) is 8.09. The van der Waals surface area contributed by atoms with Crippen LogP contribution in [0.3, 0.4) is 0 Å². The first-order valence-electron chi connectivity index (χ1n) is 6.55. The van der Waals surface area contributed by atoms with Gasteiger partial charge in [-0.25, -0.2) is 0 Å². The summed E-state index contributed by atoms with van der Waals surface area (Å²) < 4.78 is 0. The third-order valence-electron chi connectivity index (χ3n) is 3.80. The van der Waals surface area contributed by atoms with Crippen molar-refractivity contribution in [1.29, 1.82) is 0 Å². The highest BCUT2D eigenvalue weighted by Gasteiger charge is 2.13. The fraction of sp³-hybridized carbons (Fsp3) is 0.412. The summed E-state index contributed by atoms with van der Waals surface area (Å²) in [5.41, 5.74) is 8.43. The molecule has 17 heavy (non-hydrogen) atoms. The van der Waals surface area contributed by atoms with Gasteiger partial charge in [0.25, 0.3) is 0 Å². The van der Waals surface area contributed by atoms with Crippen LogP contribution in [0.4, 0.5) is 0 Å². The molecule has 0 unspecified atom stereocenters. The first-order valence-corrected chi connectivity index (χ1v) is 6.55. The summed E-state index contributed by atoms with van der Waals surface area (Å²) in [6.07, 6.45) is 5.20. The molecule has 0 N–H and O–H groups in total. The largest absolute Gasteiger partial charge is 0.0955 e. The van der Waals surface area contributed by atoms with E-state index in [0.29, 0.717) is 0 Å². The SMILES string of the molecule is C=C(C)c1ccc(C)c(C2=C(C)CCCC2)c1. The van der Waals surface area contributed by atoms with Crippen molar-refractivity contribution in [2.75, 3.05) is 0 Å². The Balaban J connectivity index is 2.50. The molecule has 0 saturated carbocycles. The molecule has 0 amide bonds. The van der Waals surface area contributed by atoms with Crippen molar-refractivity contribution in [3.05, 3.63) is 47.0 Å². The Morgan fingerprint density at radius 2 is 1.82 bits per heavy atom. The average molecular weight is 226 g/mol. The second-order valence-corrected chi connectivity index (χ2v) is 5.28. The molecule has 1 aliphatic carbocycles. The van der Waals surface area contributed by atoms with Gasteiger partial charge in [-0.2, -0.15) is 0 Å². The zero-order chi connectivity index (χ0) is 12.4. The van der Waals surface area contributed by atoms with Crippen molar-refractivity contribution in [2.45, 2.75) is 46.5 Å². The van der Waals surface area contributed by atoms with Gasteiger partial charge in [0.05, 0.1) is 0 Å². The summed E-state index contributed by atoms with van der Waals surface area (Å²) in [6.45, 7) is 10.6. The number of hydrogen-bond acceptors (Lipinski definition) is 0. The van der Waals surface area contributed by atoms with Gasteiger partial charge >= 0.3 is 0 Å². The molecule has 0 heterocycles. The third kappa shape index (κ3) is 2.52. The van der Waals surface area contributed by atoms with Gasteiger partial charge in [-0.3, -0.25) is 0 Å². The van der Waals surface area contributed by atoms with E-state index in [4.69, 9.17) is 0 Å². The van der Waals surface area contributed by atoms with Crippen LogP contribution in [-0.2, 0) is 0 Å². The lowest BCUT2D eigenvalue weighted by molar-refractivity contribution is 0.714. The van der Waals surface area contributed by atoms with Crippen molar-refractivity contribution < 1.29 is 0 Å². The van der Waals surface area contributed by atoms with Crippen molar-refractivity contribution in [3.8, 4) is 0 Å². The lowest BCUT2D eigenvalue weighted by Gasteiger charge is -2.20. The lowest BCUT2D eigenvalue weighted by Crippen LogP contribution is -1.99. The summed E-state index contributed by atoms with van der Waals surface area (Å²) in [7, 11) is 0. The van der Waals surface area contributed by atoms with Crippen LogP contribution in [0.25, 0.3) is 11.1 Å². The van der Waals surface area contributed by atoms with E-state index in [1.165, 1.54) is 42.4 Å². The summed E-state index contributed by atoms with van der Waals surface area (Å²) in [5, 5.41) is 0. The highest BCUT2D eigenvalue weighted by Crippen LogP contribution is 2.34. The van der Waals surface area contributed by atoms with E-state index in [-0.39, 0.29) is 0 Å². The maximum Gasteiger partial charge on any atom is -0.0190 e. The zero-order valence-corrected chi connectivity index (χ0v) is 11.3. The van der Waals surface area contributed by atoms with Crippen molar-refractivity contribution >= 4 is 11.1 Å². The molecule has 2 rings (SSSR count). The Morgan fingerprint density at radius 1 is 1.12 bits per heavy atom. The van der Waals surface area contributed by atoms with E-state index in [1.54, 1.807) is 11.1 Å². The molecule has 0 nitrogen and oxygen atoms in total. The summed E-state index contributed by atoms with van der Waals surface area (Å²) in [4.78, 5) is 0. The predicted octanol–water partition coefficient (Wildman–Crippen LogP) is 5.38. The van der Waals surface area contributed by atoms with Crippen LogP contribution < -0.4 is 0 Å². The van der Waals surface area contributed by atoms with Gasteiger partial charge in [0.1, 0.15) is 0 Å². The van der Waals surface area contributed by atoms with E-state index in [9.17, 15) is 0 Å². The normalized spacial score (nSPS) is 16.2. The van der Waals surface area contributed by atoms with Crippen LogP contribution >= 0.6 is 0 Å². The van der Waals surface area contributed by atoms with Crippen LogP contribution in [0, 0.1) is 6.92 Å². The Morgan fingerprint density at radius 3 is 2.47 bits per heavy atom. The molecule has 1 aromatic rings. The molecule has 0 spiro atoms. The zero-order valence-electron chi connectivity index (χ0n) is 11.3. The fourth-order valence-corrected chi connectivity index (χ4v) is 2.63. The summed E-state index contributed by atoms with van der Waals surface area (Å²) in [5.74, 6) is 0. The van der Waals surface area contributed by atoms with E-state index >= 15 is 0 Å². The predicted molar refractivity (Wildman–Crippen MR) is 76.9 cm³/mol. The molecule has 0 atom stereocenters. The molecule has 0 radical (unpaired) electrons. The Labute approximate surface area is 105 Å². The van der Waals surface area contributed by atoms with Crippen molar-refractivity contribution in [3.63, 3.8) is 0 Å². The number of rotatable bonds is 2. The van der Waals surface area contributed by atoms with E-state index in [0.717, 1.165) is 5.57 Å². The van der Waals surface area contributed by atoms with Crippen molar-refractivity contribution in [1.82, 2.24) is 0 Å². The summed E-state index contributed by atoms with van der Waals surface area (Å²) >= 11 is 0. The van der Waals surface area contributed by atoms with Gasteiger partial charge in [0, 0.05) is 0 Å². The average Bonchev–Trinajstić information content (AvgIpc) is 2.30. The van der Waals surface area contributed by atoms with E-state index in [2.05, 4.69) is 45.5 Å². The molecule has 90 valence electrons. The molecule has 1 aromatic carbocycles. The lowest BCUT2D eigenvalue weighted by atomic mass is 9.85. The van der Waals surface area contributed by atoms with Crippen LogP contribution in [0.2, 0.25) is 0 Å². The highest BCUT2D eigenvalue weighted by molar-refractivity contribution is 5.75. The molecule has 0 bridgehead atoms. The molecule has 0 saturated heterocycles. The molecule has 0 aliphatic heterocycles. The Kier molecular flexibility index (Phi) is 3.51. The van der Waals surface area contributed by atoms with E-state index < -0.39 is 0 Å². The van der Waals surface area contributed by atoms with Crippen LogP contribution in [0.1, 0.15) is 56.2 Å². The number of aryl methyl sites for hydroxylation is 1. The molecule has 0 aromatic heterocycles. The smallest absolute Gasteiger partial charge is 0.0190 e. The van der Waals surface area contributed by atoms with Crippen LogP contribution in [0.5, 0.6) is 0 Å². The standard InChI is InChI=1S/C17H22/c1-12(2)15-10-9-14(4)17(11-15)16-8-6-5-7-13(16)3/h9-11H,1,5-8H2,2-4H3. The van der Waals surface area contributed by atoms with Gasteiger partial charge in [-0.1, -0.05) is 29.9 Å². The Hall–Kier alpha value is -1.30. The van der Waals surface area contributed by atoms with Gasteiger partial charge < -0.3 is 0 Å². The highest BCUT2D eigenvalue weighted by atomic mass is 14.2. The number of hydrogen-bond donors (Lipinski definition) is 0. The maximum absolute atomic E-state index is 4.04. The topological polar surface area (TPSA) is 0 Å². The molecular formula is C17H22. The Bertz CT molecular complexity index is 475. The second kappa shape index (κ2) is 4.91.